The maximum absolute atomic E-state index is 11.6. The summed E-state index contributed by atoms with van der Waals surface area (Å²) in [5.74, 6) is 0.787. The highest BCUT2D eigenvalue weighted by atomic mass is 16.6. The second kappa shape index (κ2) is 4.40. The Morgan fingerprint density at radius 2 is 2.06 bits per heavy atom. The number of hydrogen-bond donors (Lipinski definition) is 0. The van der Waals surface area contributed by atoms with Crippen LogP contribution in [0.4, 0.5) is 5.69 Å². The van der Waals surface area contributed by atoms with Crippen LogP contribution in [0.2, 0.25) is 0 Å². The molecule has 5 heteroatoms. The smallest absolute Gasteiger partial charge is 0.269 e. The van der Waals surface area contributed by atoms with Crippen LogP contribution in [0.25, 0.3) is 0 Å². The number of rotatable bonds is 4. The molecule has 0 aromatic heterocycles. The van der Waals surface area contributed by atoms with Crippen molar-refractivity contribution in [3.63, 3.8) is 0 Å². The SMILES string of the molecule is CCC1(C)C(=O)CC1Oc1ccc([N+](=O)[O-])cc1. The van der Waals surface area contributed by atoms with E-state index in [0.717, 1.165) is 6.42 Å². The van der Waals surface area contributed by atoms with E-state index >= 15 is 0 Å². The van der Waals surface area contributed by atoms with Crippen molar-refractivity contribution in [3.05, 3.63) is 34.4 Å². The van der Waals surface area contributed by atoms with E-state index < -0.39 is 10.3 Å². The number of nitro groups is 1. The molecule has 0 aliphatic heterocycles. The van der Waals surface area contributed by atoms with Crippen molar-refractivity contribution in [3.8, 4) is 5.75 Å². The van der Waals surface area contributed by atoms with Crippen LogP contribution in [0.1, 0.15) is 26.7 Å². The molecule has 1 saturated carbocycles. The zero-order valence-corrected chi connectivity index (χ0v) is 10.4. The minimum absolute atomic E-state index is 0.0327. The molecular formula is C13H15NO4. The number of carbonyl (C=O) groups excluding carboxylic acids is 1. The molecule has 0 spiro atoms. The number of nitro benzene ring substituents is 1. The third-order valence-corrected chi connectivity index (χ3v) is 3.78. The quantitative estimate of drug-likeness (QED) is 0.607. The van der Waals surface area contributed by atoms with E-state index in [0.29, 0.717) is 12.2 Å². The first-order valence-corrected chi connectivity index (χ1v) is 5.92. The van der Waals surface area contributed by atoms with Crippen LogP contribution in [0.5, 0.6) is 5.75 Å². The summed E-state index contributed by atoms with van der Waals surface area (Å²) in [6, 6.07) is 5.94. The van der Waals surface area contributed by atoms with Gasteiger partial charge in [-0.25, -0.2) is 0 Å². The second-order valence-electron chi connectivity index (χ2n) is 4.76. The van der Waals surface area contributed by atoms with Gasteiger partial charge in [-0.3, -0.25) is 14.9 Å². The zero-order chi connectivity index (χ0) is 13.3. The second-order valence-corrected chi connectivity index (χ2v) is 4.76. The molecule has 1 aromatic rings. The monoisotopic (exact) mass is 249 g/mol. The van der Waals surface area contributed by atoms with Gasteiger partial charge in [0.05, 0.1) is 10.3 Å². The molecule has 5 nitrogen and oxygen atoms in total. The van der Waals surface area contributed by atoms with Gasteiger partial charge in [-0.15, -0.1) is 0 Å². The van der Waals surface area contributed by atoms with Gasteiger partial charge in [0, 0.05) is 18.6 Å². The molecule has 1 aromatic carbocycles. The molecular weight excluding hydrogens is 234 g/mol. The number of nitrogens with zero attached hydrogens (tertiary/aromatic N) is 1. The molecule has 0 amide bonds. The molecule has 0 bridgehead atoms. The average Bonchev–Trinajstić information content (AvgIpc) is 2.38. The lowest BCUT2D eigenvalue weighted by atomic mass is 9.64. The summed E-state index contributed by atoms with van der Waals surface area (Å²) in [6.45, 7) is 3.86. The van der Waals surface area contributed by atoms with Crippen molar-refractivity contribution < 1.29 is 14.5 Å². The van der Waals surface area contributed by atoms with E-state index in [9.17, 15) is 14.9 Å². The van der Waals surface area contributed by atoms with Crippen LogP contribution in [0.15, 0.2) is 24.3 Å². The number of non-ortho nitro benzene ring substituents is 1. The predicted octanol–water partition coefficient (Wildman–Crippen LogP) is 2.73. The van der Waals surface area contributed by atoms with Crippen LogP contribution >= 0.6 is 0 Å². The van der Waals surface area contributed by atoms with Gasteiger partial charge in [0.25, 0.3) is 5.69 Å². The lowest BCUT2D eigenvalue weighted by molar-refractivity contribution is -0.384. The number of hydrogen-bond acceptors (Lipinski definition) is 4. The first-order valence-electron chi connectivity index (χ1n) is 5.92. The summed E-state index contributed by atoms with van der Waals surface area (Å²) in [6.07, 6.45) is 1.03. The summed E-state index contributed by atoms with van der Waals surface area (Å²) in [7, 11) is 0. The van der Waals surface area contributed by atoms with E-state index in [1.807, 2.05) is 13.8 Å². The van der Waals surface area contributed by atoms with Gasteiger partial charge in [0.2, 0.25) is 0 Å². The van der Waals surface area contributed by atoms with Crippen molar-refractivity contribution in [2.45, 2.75) is 32.8 Å². The van der Waals surface area contributed by atoms with Gasteiger partial charge in [-0.2, -0.15) is 0 Å². The van der Waals surface area contributed by atoms with Crippen molar-refractivity contribution in [1.29, 1.82) is 0 Å². The van der Waals surface area contributed by atoms with E-state index in [2.05, 4.69) is 0 Å². The topological polar surface area (TPSA) is 69.4 Å². The Kier molecular flexibility index (Phi) is 3.07. The van der Waals surface area contributed by atoms with Crippen molar-refractivity contribution >= 4 is 11.5 Å². The molecule has 18 heavy (non-hydrogen) atoms. The Balaban J connectivity index is 2.07. The first-order chi connectivity index (χ1) is 8.47. The summed E-state index contributed by atoms with van der Waals surface area (Å²) < 4.78 is 5.72. The Morgan fingerprint density at radius 1 is 1.44 bits per heavy atom. The first kappa shape index (κ1) is 12.5. The summed E-state index contributed by atoms with van der Waals surface area (Å²) in [5, 5.41) is 10.5. The molecule has 96 valence electrons. The summed E-state index contributed by atoms with van der Waals surface area (Å²) in [4.78, 5) is 21.6. The van der Waals surface area contributed by atoms with Crippen LogP contribution in [0, 0.1) is 15.5 Å². The van der Waals surface area contributed by atoms with Crippen molar-refractivity contribution in [1.82, 2.24) is 0 Å². The van der Waals surface area contributed by atoms with E-state index in [4.69, 9.17) is 4.74 Å². The molecule has 0 N–H and O–H groups in total. The lowest BCUT2D eigenvalue weighted by Gasteiger charge is -2.44. The standard InChI is InChI=1S/C13H15NO4/c1-3-13(2)11(15)8-12(13)18-10-6-4-9(5-7-10)14(16)17/h4-7,12H,3,8H2,1-2H3. The van der Waals surface area contributed by atoms with Gasteiger partial charge < -0.3 is 4.74 Å². The fraction of sp³-hybridized carbons (Fsp3) is 0.462. The fourth-order valence-electron chi connectivity index (χ4n) is 2.08. The highest BCUT2D eigenvalue weighted by Crippen LogP contribution is 2.42. The maximum Gasteiger partial charge on any atom is 0.269 e. The Hall–Kier alpha value is -1.91. The molecule has 1 aliphatic carbocycles. The Labute approximate surface area is 105 Å². The Bertz CT molecular complexity index is 482. The summed E-state index contributed by atoms with van der Waals surface area (Å²) >= 11 is 0. The van der Waals surface area contributed by atoms with Gasteiger partial charge in [-0.05, 0) is 25.5 Å². The molecule has 0 heterocycles. The van der Waals surface area contributed by atoms with Crippen LogP contribution in [-0.4, -0.2) is 16.8 Å². The maximum atomic E-state index is 11.6. The van der Waals surface area contributed by atoms with Crippen LogP contribution in [0.3, 0.4) is 0 Å². The highest BCUT2D eigenvalue weighted by molar-refractivity contribution is 5.92. The minimum Gasteiger partial charge on any atom is -0.489 e. The fourth-order valence-corrected chi connectivity index (χ4v) is 2.08. The van der Waals surface area contributed by atoms with Crippen molar-refractivity contribution in [2.24, 2.45) is 5.41 Å². The lowest BCUT2D eigenvalue weighted by Crippen LogP contribution is -2.54. The van der Waals surface area contributed by atoms with E-state index in [-0.39, 0.29) is 17.6 Å². The van der Waals surface area contributed by atoms with Gasteiger partial charge in [0.1, 0.15) is 17.6 Å². The van der Waals surface area contributed by atoms with Gasteiger partial charge in [0.15, 0.2) is 0 Å². The largest absolute Gasteiger partial charge is 0.489 e. The molecule has 1 aliphatic rings. The third-order valence-electron chi connectivity index (χ3n) is 3.78. The molecule has 2 atom stereocenters. The molecule has 0 saturated heterocycles. The van der Waals surface area contributed by atoms with Crippen molar-refractivity contribution in [2.75, 3.05) is 0 Å². The molecule has 0 radical (unpaired) electrons. The highest BCUT2D eigenvalue weighted by Gasteiger charge is 2.51. The molecule has 2 unspecified atom stereocenters. The predicted molar refractivity (Wildman–Crippen MR) is 65.5 cm³/mol. The molecule has 2 rings (SSSR count). The normalized spacial score (nSPS) is 26.6. The minimum atomic E-state index is -0.452. The van der Waals surface area contributed by atoms with E-state index in [1.165, 1.54) is 12.1 Å². The number of ether oxygens (including phenoxy) is 1. The summed E-state index contributed by atoms with van der Waals surface area (Å²) in [5.41, 5.74) is -0.382. The number of benzene rings is 1. The molecule has 1 fully saturated rings. The zero-order valence-electron chi connectivity index (χ0n) is 10.4. The number of ketones is 1. The van der Waals surface area contributed by atoms with Crippen LogP contribution in [-0.2, 0) is 4.79 Å². The number of Topliss-reactive ketones (excluding diaryl/α,β-unsaturated/α-hetero) is 1. The van der Waals surface area contributed by atoms with Crippen LogP contribution < -0.4 is 4.74 Å². The number of carbonyl (C=O) groups is 1. The third kappa shape index (κ3) is 1.96. The van der Waals surface area contributed by atoms with Gasteiger partial charge >= 0.3 is 0 Å². The Morgan fingerprint density at radius 3 is 2.50 bits per heavy atom. The average molecular weight is 249 g/mol. The van der Waals surface area contributed by atoms with E-state index in [1.54, 1.807) is 12.1 Å². The van der Waals surface area contributed by atoms with Gasteiger partial charge in [-0.1, -0.05) is 6.92 Å².